The van der Waals surface area contributed by atoms with Gasteiger partial charge >= 0.3 is 5.97 Å². The predicted octanol–water partition coefficient (Wildman–Crippen LogP) is 6.58. The Hall–Kier alpha value is -1.51. The fourth-order valence-corrected chi connectivity index (χ4v) is 3.34. The molecule has 2 aromatic rings. The van der Waals surface area contributed by atoms with E-state index in [1.54, 1.807) is 6.07 Å². The second-order valence-electron chi connectivity index (χ2n) is 6.05. The molecular formula is C20H22Cl2O2. The van der Waals surface area contributed by atoms with Gasteiger partial charge in [0.25, 0.3) is 0 Å². The zero-order valence-corrected chi connectivity index (χ0v) is 15.5. The molecule has 2 nitrogen and oxygen atoms in total. The monoisotopic (exact) mass is 364 g/mol. The van der Waals surface area contributed by atoms with Gasteiger partial charge in [-0.05, 0) is 41.7 Å². The van der Waals surface area contributed by atoms with Gasteiger partial charge < -0.3 is 5.11 Å². The van der Waals surface area contributed by atoms with Gasteiger partial charge in [0.15, 0.2) is 0 Å². The van der Waals surface area contributed by atoms with E-state index in [2.05, 4.69) is 6.92 Å². The molecule has 2 aromatic carbocycles. The molecule has 0 heterocycles. The van der Waals surface area contributed by atoms with Crippen LogP contribution >= 0.6 is 23.2 Å². The molecular weight excluding hydrogens is 343 g/mol. The number of halogens is 2. The van der Waals surface area contributed by atoms with Gasteiger partial charge in [0.2, 0.25) is 0 Å². The summed E-state index contributed by atoms with van der Waals surface area (Å²) in [5.41, 5.74) is 1.99. The maximum atomic E-state index is 12.0. The van der Waals surface area contributed by atoms with Crippen LogP contribution in [0.4, 0.5) is 0 Å². The fourth-order valence-electron chi connectivity index (χ4n) is 3.04. The summed E-state index contributed by atoms with van der Waals surface area (Å²) in [6, 6.07) is 13.2. The summed E-state index contributed by atoms with van der Waals surface area (Å²) >= 11 is 12.0. The number of aliphatic carboxylic acids is 1. The third kappa shape index (κ3) is 3.76. The molecule has 2 rings (SSSR count). The van der Waals surface area contributed by atoms with Crippen LogP contribution in [0.5, 0.6) is 0 Å². The molecule has 0 amide bonds. The van der Waals surface area contributed by atoms with Crippen LogP contribution in [0, 0.1) is 0 Å². The topological polar surface area (TPSA) is 37.3 Å². The Bertz CT molecular complexity index is 710. The first-order chi connectivity index (χ1) is 11.4. The van der Waals surface area contributed by atoms with E-state index in [1.807, 2.05) is 43.3 Å². The molecule has 1 atom stereocenters. The lowest BCUT2D eigenvalue weighted by molar-refractivity contribution is -0.144. The second kappa shape index (κ2) is 8.04. The standard InChI is InChI=1S/C20H22Cl2O2/c1-3-5-12-20(4-2,19(23)24)16-9-6-14(7-10-16)15-8-11-17(21)18(22)13-15/h6-11,13H,3-5,12H2,1-2H3,(H,23,24). The Morgan fingerprint density at radius 2 is 1.62 bits per heavy atom. The van der Waals surface area contributed by atoms with Crippen molar-refractivity contribution >= 4 is 29.2 Å². The molecule has 0 spiro atoms. The molecule has 0 aliphatic carbocycles. The van der Waals surface area contributed by atoms with Crippen LogP contribution in [-0.4, -0.2) is 11.1 Å². The highest BCUT2D eigenvalue weighted by molar-refractivity contribution is 6.42. The maximum absolute atomic E-state index is 12.0. The average molecular weight is 365 g/mol. The number of carboxylic acids is 1. The van der Waals surface area contributed by atoms with Crippen molar-refractivity contribution in [3.8, 4) is 11.1 Å². The van der Waals surface area contributed by atoms with Crippen LogP contribution in [0.1, 0.15) is 45.1 Å². The summed E-state index contributed by atoms with van der Waals surface area (Å²) in [7, 11) is 0. The summed E-state index contributed by atoms with van der Waals surface area (Å²) in [5.74, 6) is -0.749. The van der Waals surface area contributed by atoms with Crippen molar-refractivity contribution in [3.63, 3.8) is 0 Å². The average Bonchev–Trinajstić information content (AvgIpc) is 2.59. The van der Waals surface area contributed by atoms with E-state index in [0.717, 1.165) is 29.5 Å². The van der Waals surface area contributed by atoms with Crippen LogP contribution in [0.15, 0.2) is 42.5 Å². The normalized spacial score (nSPS) is 13.5. The smallest absolute Gasteiger partial charge is 0.314 e. The minimum Gasteiger partial charge on any atom is -0.481 e. The van der Waals surface area contributed by atoms with Crippen molar-refractivity contribution in [2.75, 3.05) is 0 Å². The van der Waals surface area contributed by atoms with Gasteiger partial charge in [-0.15, -0.1) is 0 Å². The molecule has 0 radical (unpaired) electrons. The molecule has 0 saturated heterocycles. The maximum Gasteiger partial charge on any atom is 0.314 e. The van der Waals surface area contributed by atoms with Crippen LogP contribution < -0.4 is 0 Å². The molecule has 0 aliphatic heterocycles. The molecule has 0 saturated carbocycles. The number of carbonyl (C=O) groups is 1. The van der Waals surface area contributed by atoms with E-state index >= 15 is 0 Å². The first-order valence-electron chi connectivity index (χ1n) is 8.24. The lowest BCUT2D eigenvalue weighted by atomic mass is 9.74. The van der Waals surface area contributed by atoms with E-state index in [4.69, 9.17) is 23.2 Å². The lowest BCUT2D eigenvalue weighted by Gasteiger charge is -2.29. The first kappa shape index (κ1) is 18.8. The number of hydrogen-bond donors (Lipinski definition) is 1. The van der Waals surface area contributed by atoms with Gasteiger partial charge in [-0.25, -0.2) is 0 Å². The van der Waals surface area contributed by atoms with Crippen molar-refractivity contribution in [1.82, 2.24) is 0 Å². The van der Waals surface area contributed by atoms with Crippen LogP contribution in [0.3, 0.4) is 0 Å². The van der Waals surface area contributed by atoms with Gasteiger partial charge in [-0.2, -0.15) is 0 Å². The number of hydrogen-bond acceptors (Lipinski definition) is 1. The minimum atomic E-state index is -0.813. The number of unbranched alkanes of at least 4 members (excludes halogenated alkanes) is 1. The van der Waals surface area contributed by atoms with Crippen molar-refractivity contribution in [3.05, 3.63) is 58.1 Å². The Labute approximate surface area is 153 Å². The molecule has 4 heteroatoms. The van der Waals surface area contributed by atoms with Gasteiger partial charge in [-0.3, -0.25) is 4.79 Å². The van der Waals surface area contributed by atoms with E-state index < -0.39 is 11.4 Å². The Morgan fingerprint density at radius 3 is 2.12 bits per heavy atom. The van der Waals surface area contributed by atoms with E-state index in [1.165, 1.54) is 0 Å². The number of benzene rings is 2. The lowest BCUT2D eigenvalue weighted by Crippen LogP contribution is -2.35. The van der Waals surface area contributed by atoms with Gasteiger partial charge in [-0.1, -0.05) is 80.2 Å². The molecule has 1 unspecified atom stereocenters. The SMILES string of the molecule is CCCCC(CC)(C(=O)O)c1ccc(-c2ccc(Cl)c(Cl)c2)cc1. The van der Waals surface area contributed by atoms with Crippen LogP contribution in [0.2, 0.25) is 10.0 Å². The first-order valence-corrected chi connectivity index (χ1v) is 8.99. The third-order valence-electron chi connectivity index (χ3n) is 4.66. The summed E-state index contributed by atoms with van der Waals surface area (Å²) < 4.78 is 0. The predicted molar refractivity (Wildman–Crippen MR) is 101 cm³/mol. The number of rotatable bonds is 7. The highest BCUT2D eigenvalue weighted by Crippen LogP contribution is 2.36. The Kier molecular flexibility index (Phi) is 6.31. The number of carboxylic acid groups (broad SMARTS) is 1. The molecule has 24 heavy (non-hydrogen) atoms. The summed E-state index contributed by atoms with van der Waals surface area (Å²) in [5, 5.41) is 10.9. The van der Waals surface area contributed by atoms with E-state index in [-0.39, 0.29) is 0 Å². The zero-order chi connectivity index (χ0) is 17.7. The second-order valence-corrected chi connectivity index (χ2v) is 6.87. The Balaban J connectivity index is 2.38. The molecule has 0 fully saturated rings. The highest BCUT2D eigenvalue weighted by Gasteiger charge is 2.37. The van der Waals surface area contributed by atoms with Crippen molar-refractivity contribution < 1.29 is 9.90 Å². The quantitative estimate of drug-likeness (QED) is 0.601. The van der Waals surface area contributed by atoms with E-state index in [0.29, 0.717) is 22.9 Å². The highest BCUT2D eigenvalue weighted by atomic mass is 35.5. The molecule has 0 aliphatic rings. The largest absolute Gasteiger partial charge is 0.481 e. The summed E-state index contributed by atoms with van der Waals surface area (Å²) in [4.78, 5) is 12.0. The van der Waals surface area contributed by atoms with Crippen LogP contribution in [-0.2, 0) is 10.2 Å². The van der Waals surface area contributed by atoms with Crippen LogP contribution in [0.25, 0.3) is 11.1 Å². The molecule has 0 aromatic heterocycles. The fraction of sp³-hybridized carbons (Fsp3) is 0.350. The Morgan fingerprint density at radius 1 is 1.00 bits per heavy atom. The zero-order valence-electron chi connectivity index (χ0n) is 14.0. The molecule has 128 valence electrons. The van der Waals surface area contributed by atoms with Crippen molar-refractivity contribution in [1.29, 1.82) is 0 Å². The molecule has 1 N–H and O–H groups in total. The minimum absolute atomic E-state index is 0.509. The molecule has 0 bridgehead atoms. The van der Waals surface area contributed by atoms with Gasteiger partial charge in [0, 0.05) is 0 Å². The summed E-state index contributed by atoms with van der Waals surface area (Å²) in [6.07, 6.45) is 3.11. The third-order valence-corrected chi connectivity index (χ3v) is 5.40. The van der Waals surface area contributed by atoms with E-state index in [9.17, 15) is 9.90 Å². The summed E-state index contributed by atoms with van der Waals surface area (Å²) in [6.45, 7) is 4.02. The van der Waals surface area contributed by atoms with Crippen molar-refractivity contribution in [2.24, 2.45) is 0 Å². The van der Waals surface area contributed by atoms with Gasteiger partial charge in [0.1, 0.15) is 0 Å². The van der Waals surface area contributed by atoms with Crippen molar-refractivity contribution in [2.45, 2.75) is 44.9 Å². The van der Waals surface area contributed by atoms with Gasteiger partial charge in [0.05, 0.1) is 15.5 Å².